The van der Waals surface area contributed by atoms with Gasteiger partial charge in [-0.1, -0.05) is 6.07 Å². The summed E-state index contributed by atoms with van der Waals surface area (Å²) in [7, 11) is 0. The van der Waals surface area contributed by atoms with Crippen LogP contribution in [0.25, 0.3) is 17.2 Å². The molecule has 1 amide bonds. The largest absolute Gasteiger partial charge is 0.310 e. The predicted molar refractivity (Wildman–Crippen MR) is 146 cm³/mol. The summed E-state index contributed by atoms with van der Waals surface area (Å²) in [5.41, 5.74) is 4.25. The minimum absolute atomic E-state index is 0.0388. The number of halogens is 1. The second-order valence-electron chi connectivity index (χ2n) is 11.7. The highest BCUT2D eigenvalue weighted by atomic mass is 19.1. The van der Waals surface area contributed by atoms with E-state index in [2.05, 4.69) is 46.2 Å². The van der Waals surface area contributed by atoms with Gasteiger partial charge in [-0.2, -0.15) is 0 Å². The number of carbonyl (C=O) groups excluding carboxylic acids is 1. The van der Waals surface area contributed by atoms with Gasteiger partial charge in [-0.3, -0.25) is 9.69 Å². The maximum absolute atomic E-state index is 15.5. The third kappa shape index (κ3) is 4.73. The molecular weight excluding hydrogens is 495 g/mol. The SMILES string of the molecule is CC(C)n1cnnc1-c1cccc(NC(=O)c2cc3c(cc2F)CN(C(C)(C)C)Cc2c(C4CC4)ncn2-3)n1. The molecule has 2 aliphatic rings. The van der Waals surface area contributed by atoms with Gasteiger partial charge in [0.2, 0.25) is 0 Å². The van der Waals surface area contributed by atoms with Crippen molar-refractivity contribution in [3.05, 3.63) is 71.3 Å². The zero-order chi connectivity index (χ0) is 27.5. The van der Waals surface area contributed by atoms with Crippen LogP contribution in [0.5, 0.6) is 0 Å². The van der Waals surface area contributed by atoms with Crippen LogP contribution in [0.2, 0.25) is 0 Å². The number of aromatic nitrogens is 6. The van der Waals surface area contributed by atoms with Crippen LogP contribution >= 0.6 is 0 Å². The van der Waals surface area contributed by atoms with Gasteiger partial charge in [-0.25, -0.2) is 14.4 Å². The molecule has 1 N–H and O–H groups in total. The summed E-state index contributed by atoms with van der Waals surface area (Å²) >= 11 is 0. The lowest BCUT2D eigenvalue weighted by atomic mass is 10.0. The molecule has 1 aromatic carbocycles. The van der Waals surface area contributed by atoms with E-state index in [1.807, 2.05) is 29.3 Å². The molecule has 3 aromatic heterocycles. The predicted octanol–water partition coefficient (Wildman–Crippen LogP) is 5.49. The number of imidazole rings is 1. The van der Waals surface area contributed by atoms with Crippen molar-refractivity contribution in [1.29, 1.82) is 0 Å². The molecule has 4 heterocycles. The van der Waals surface area contributed by atoms with Crippen molar-refractivity contribution >= 4 is 11.7 Å². The van der Waals surface area contributed by atoms with Crippen molar-refractivity contribution < 1.29 is 9.18 Å². The summed E-state index contributed by atoms with van der Waals surface area (Å²) < 4.78 is 19.5. The first-order valence-electron chi connectivity index (χ1n) is 13.4. The maximum Gasteiger partial charge on any atom is 0.259 e. The Kier molecular flexibility index (Phi) is 6.10. The fourth-order valence-electron chi connectivity index (χ4n) is 5.11. The Morgan fingerprint density at radius 2 is 1.92 bits per heavy atom. The zero-order valence-corrected chi connectivity index (χ0v) is 22.9. The first-order valence-corrected chi connectivity index (χ1v) is 13.4. The van der Waals surface area contributed by atoms with E-state index in [0.29, 0.717) is 36.3 Å². The van der Waals surface area contributed by atoms with Crippen molar-refractivity contribution in [3.8, 4) is 17.2 Å². The minimum Gasteiger partial charge on any atom is -0.310 e. The van der Waals surface area contributed by atoms with Crippen molar-refractivity contribution in [1.82, 2.24) is 34.2 Å². The van der Waals surface area contributed by atoms with Crippen LogP contribution in [0.4, 0.5) is 10.2 Å². The molecule has 0 spiro atoms. The summed E-state index contributed by atoms with van der Waals surface area (Å²) in [6, 6.07) is 8.54. The summed E-state index contributed by atoms with van der Waals surface area (Å²) in [6.45, 7) is 11.8. The van der Waals surface area contributed by atoms with E-state index in [0.717, 1.165) is 35.5 Å². The zero-order valence-electron chi connectivity index (χ0n) is 22.9. The molecule has 0 unspecified atom stereocenters. The lowest BCUT2D eigenvalue weighted by Crippen LogP contribution is -2.40. The van der Waals surface area contributed by atoms with Gasteiger partial charge in [-0.05, 0) is 77.3 Å². The van der Waals surface area contributed by atoms with E-state index in [-0.39, 0.29) is 17.1 Å². The molecule has 0 bridgehead atoms. The van der Waals surface area contributed by atoms with E-state index in [1.165, 1.54) is 6.07 Å². The van der Waals surface area contributed by atoms with Crippen LogP contribution in [0.1, 0.15) is 86.7 Å². The third-order valence-corrected chi connectivity index (χ3v) is 7.53. The average molecular weight is 529 g/mol. The molecule has 6 rings (SSSR count). The van der Waals surface area contributed by atoms with Gasteiger partial charge in [0, 0.05) is 30.6 Å². The summed E-state index contributed by atoms with van der Waals surface area (Å²) in [5.74, 6) is 0.254. The number of carbonyl (C=O) groups is 1. The monoisotopic (exact) mass is 528 g/mol. The van der Waals surface area contributed by atoms with Crippen molar-refractivity contribution in [2.45, 2.75) is 78.0 Å². The Balaban J connectivity index is 1.35. The van der Waals surface area contributed by atoms with Crippen molar-refractivity contribution in [2.75, 3.05) is 5.32 Å². The Bertz CT molecular complexity index is 1560. The Morgan fingerprint density at radius 3 is 2.64 bits per heavy atom. The van der Waals surface area contributed by atoms with Gasteiger partial charge >= 0.3 is 0 Å². The van der Waals surface area contributed by atoms with Gasteiger partial charge in [0.25, 0.3) is 5.91 Å². The first-order chi connectivity index (χ1) is 18.6. The Labute approximate surface area is 227 Å². The molecule has 202 valence electrons. The van der Waals surface area contributed by atoms with Gasteiger partial charge < -0.3 is 14.5 Å². The average Bonchev–Trinajstić information content (AvgIpc) is 3.48. The second-order valence-corrected chi connectivity index (χ2v) is 11.7. The Hall–Kier alpha value is -3.92. The van der Waals surface area contributed by atoms with E-state index in [1.54, 1.807) is 30.6 Å². The van der Waals surface area contributed by atoms with E-state index < -0.39 is 11.7 Å². The molecule has 1 aliphatic carbocycles. The number of nitrogens with one attached hydrogen (secondary N) is 1. The third-order valence-electron chi connectivity index (χ3n) is 7.53. The van der Waals surface area contributed by atoms with E-state index >= 15 is 4.39 Å². The number of benzene rings is 1. The molecule has 1 aliphatic heterocycles. The van der Waals surface area contributed by atoms with Crippen molar-refractivity contribution in [3.63, 3.8) is 0 Å². The lowest BCUT2D eigenvalue weighted by molar-refractivity contribution is 0.102. The normalized spacial score (nSPS) is 15.7. The van der Waals surface area contributed by atoms with Crippen molar-refractivity contribution in [2.24, 2.45) is 0 Å². The number of pyridine rings is 1. The molecule has 1 fully saturated rings. The number of fused-ring (bicyclic) bond motifs is 3. The van der Waals surface area contributed by atoms with Crippen LogP contribution in [-0.2, 0) is 13.1 Å². The van der Waals surface area contributed by atoms with Crippen LogP contribution in [0, 0.1) is 5.82 Å². The minimum atomic E-state index is -0.568. The molecular formula is C29H33FN8O. The number of amides is 1. The molecule has 10 heteroatoms. The highest BCUT2D eigenvalue weighted by molar-refractivity contribution is 6.04. The molecule has 1 saturated carbocycles. The van der Waals surface area contributed by atoms with Gasteiger partial charge in [0.15, 0.2) is 5.82 Å². The summed E-state index contributed by atoms with van der Waals surface area (Å²) in [5, 5.41) is 11.0. The topological polar surface area (TPSA) is 93.8 Å². The molecule has 0 radical (unpaired) electrons. The van der Waals surface area contributed by atoms with Crippen LogP contribution in [-0.4, -0.2) is 45.6 Å². The summed E-state index contributed by atoms with van der Waals surface area (Å²) in [6.07, 6.45) is 5.76. The van der Waals surface area contributed by atoms with E-state index in [4.69, 9.17) is 4.98 Å². The highest BCUT2D eigenvalue weighted by Crippen LogP contribution is 2.43. The Morgan fingerprint density at radius 1 is 1.13 bits per heavy atom. The van der Waals surface area contributed by atoms with Gasteiger partial charge in [0.1, 0.15) is 23.7 Å². The summed E-state index contributed by atoms with van der Waals surface area (Å²) in [4.78, 5) is 25.0. The number of nitrogens with zero attached hydrogens (tertiary/aromatic N) is 7. The van der Waals surface area contributed by atoms with Gasteiger partial charge in [0.05, 0.1) is 29.0 Å². The second kappa shape index (κ2) is 9.37. The number of hydrogen-bond donors (Lipinski definition) is 1. The molecule has 9 nitrogen and oxygen atoms in total. The maximum atomic E-state index is 15.5. The lowest BCUT2D eigenvalue weighted by Gasteiger charge is -2.34. The molecule has 0 atom stereocenters. The molecule has 0 saturated heterocycles. The van der Waals surface area contributed by atoms with Crippen LogP contribution < -0.4 is 5.32 Å². The standard InChI is InChI=1S/C29H33FN8O/c1-17(2)37-16-32-35-27(37)22-7-6-8-25(33-22)34-28(39)20-12-23-19(11-21(20)30)13-36(29(3,4)5)14-24-26(18-9-10-18)31-15-38(23)24/h6-8,11-12,15-18H,9-10,13-14H2,1-5H3,(H,33,34,39). The van der Waals surface area contributed by atoms with Crippen LogP contribution in [0.3, 0.4) is 0 Å². The number of hydrogen-bond acceptors (Lipinski definition) is 6. The fraction of sp³-hybridized carbons (Fsp3) is 0.414. The smallest absolute Gasteiger partial charge is 0.259 e. The fourth-order valence-corrected chi connectivity index (χ4v) is 5.11. The number of anilines is 1. The molecule has 39 heavy (non-hydrogen) atoms. The number of rotatable bonds is 5. The van der Waals surface area contributed by atoms with E-state index in [9.17, 15) is 4.79 Å². The highest BCUT2D eigenvalue weighted by Gasteiger charge is 2.35. The van der Waals surface area contributed by atoms with Gasteiger partial charge in [-0.15, -0.1) is 10.2 Å². The quantitative estimate of drug-likeness (QED) is 0.368. The van der Waals surface area contributed by atoms with Crippen LogP contribution in [0.15, 0.2) is 43.0 Å². The first kappa shape index (κ1) is 25.4. The molecule has 4 aromatic rings.